The molecule has 7 nitrogen and oxygen atoms in total. The number of guanidine groups is 1. The molecule has 0 radical (unpaired) electrons. The lowest BCUT2D eigenvalue weighted by atomic mass is 9.83. The van der Waals surface area contributed by atoms with Gasteiger partial charge < -0.3 is 25.2 Å². The van der Waals surface area contributed by atoms with Crippen LogP contribution in [0.15, 0.2) is 23.3 Å². The number of rotatable bonds is 10. The molecule has 3 rings (SSSR count). The van der Waals surface area contributed by atoms with E-state index < -0.39 is 0 Å². The number of nitrogens with one attached hydrogen (secondary N) is 2. The van der Waals surface area contributed by atoms with Crippen LogP contribution in [0.4, 0.5) is 5.82 Å². The number of aliphatic imine (C=N–C) groups is 1. The van der Waals surface area contributed by atoms with E-state index in [1.165, 1.54) is 31.2 Å². The maximum atomic E-state index is 5.67. The molecule has 2 aliphatic rings. The lowest BCUT2D eigenvalue weighted by Crippen LogP contribution is -2.45. The van der Waals surface area contributed by atoms with Gasteiger partial charge in [0.1, 0.15) is 5.82 Å². The van der Waals surface area contributed by atoms with Crippen molar-refractivity contribution in [2.45, 2.75) is 52.5 Å². The molecule has 7 heteroatoms. The highest BCUT2D eigenvalue weighted by Crippen LogP contribution is 2.40. The van der Waals surface area contributed by atoms with Gasteiger partial charge >= 0.3 is 0 Å². The van der Waals surface area contributed by atoms with Crippen LogP contribution < -0.4 is 15.5 Å². The van der Waals surface area contributed by atoms with Gasteiger partial charge in [-0.3, -0.25) is 0 Å². The first kappa shape index (κ1) is 23.8. The maximum absolute atomic E-state index is 5.67. The fourth-order valence-electron chi connectivity index (χ4n) is 4.71. The molecular formula is C24H42N6O. The van der Waals surface area contributed by atoms with Crippen molar-refractivity contribution in [3.8, 4) is 0 Å². The van der Waals surface area contributed by atoms with Crippen LogP contribution in [-0.4, -0.2) is 75.4 Å². The van der Waals surface area contributed by atoms with Crippen molar-refractivity contribution >= 4 is 11.8 Å². The molecule has 2 N–H and O–H groups in total. The summed E-state index contributed by atoms with van der Waals surface area (Å²) < 4.78 is 5.67. The van der Waals surface area contributed by atoms with E-state index in [9.17, 15) is 0 Å². The zero-order chi connectivity index (χ0) is 21.9. The lowest BCUT2D eigenvalue weighted by molar-refractivity contribution is 0.105. The van der Waals surface area contributed by atoms with Gasteiger partial charge in [-0.05, 0) is 51.6 Å². The van der Waals surface area contributed by atoms with Gasteiger partial charge in [0.2, 0.25) is 0 Å². The van der Waals surface area contributed by atoms with E-state index in [0.29, 0.717) is 12.0 Å². The quantitative estimate of drug-likeness (QED) is 0.338. The number of aromatic nitrogens is 1. The third kappa shape index (κ3) is 7.07. The van der Waals surface area contributed by atoms with Crippen LogP contribution >= 0.6 is 0 Å². The molecule has 0 aromatic carbocycles. The summed E-state index contributed by atoms with van der Waals surface area (Å²) in [6.07, 6.45) is 8.23. The van der Waals surface area contributed by atoms with Gasteiger partial charge in [-0.25, -0.2) is 9.98 Å². The smallest absolute Gasteiger partial charge is 0.191 e. The molecule has 0 atom stereocenters. The summed E-state index contributed by atoms with van der Waals surface area (Å²) in [6, 6.07) is 4.18. The summed E-state index contributed by atoms with van der Waals surface area (Å²) in [4.78, 5) is 14.4. The van der Waals surface area contributed by atoms with Crippen LogP contribution in [0.25, 0.3) is 0 Å². The first-order chi connectivity index (χ1) is 15.2. The Balaban J connectivity index is 1.63. The summed E-state index contributed by atoms with van der Waals surface area (Å²) in [6.45, 7) is 12.5. The molecule has 1 aromatic heterocycles. The predicted octanol–water partition coefficient (Wildman–Crippen LogP) is 2.88. The Bertz CT molecular complexity index is 680. The largest absolute Gasteiger partial charge is 0.382 e. The van der Waals surface area contributed by atoms with E-state index in [-0.39, 0.29) is 0 Å². The molecular weight excluding hydrogens is 388 g/mol. The normalized spacial score (nSPS) is 19.6. The molecule has 0 spiro atoms. The summed E-state index contributed by atoms with van der Waals surface area (Å²) >= 11 is 0. The summed E-state index contributed by atoms with van der Waals surface area (Å²) in [7, 11) is 2.18. The van der Waals surface area contributed by atoms with Gasteiger partial charge in [-0.1, -0.05) is 18.9 Å². The van der Waals surface area contributed by atoms with Crippen LogP contribution in [-0.2, 0) is 11.3 Å². The van der Waals surface area contributed by atoms with Crippen LogP contribution in [0.5, 0.6) is 0 Å². The summed E-state index contributed by atoms with van der Waals surface area (Å²) in [5.41, 5.74) is 1.53. The van der Waals surface area contributed by atoms with E-state index in [1.807, 2.05) is 12.3 Å². The van der Waals surface area contributed by atoms with Crippen molar-refractivity contribution in [2.75, 3.05) is 64.4 Å². The minimum atomic E-state index is 0.338. The molecule has 1 aliphatic carbocycles. The second-order valence-corrected chi connectivity index (χ2v) is 8.98. The molecule has 0 unspecified atom stereocenters. The minimum Gasteiger partial charge on any atom is -0.382 e. The highest BCUT2D eigenvalue weighted by atomic mass is 16.5. The van der Waals surface area contributed by atoms with Gasteiger partial charge in [-0.15, -0.1) is 0 Å². The minimum absolute atomic E-state index is 0.338. The second-order valence-electron chi connectivity index (χ2n) is 8.98. The van der Waals surface area contributed by atoms with E-state index in [2.05, 4.69) is 47.4 Å². The molecule has 2 heterocycles. The van der Waals surface area contributed by atoms with Gasteiger partial charge in [-0.2, -0.15) is 0 Å². The van der Waals surface area contributed by atoms with Gasteiger partial charge in [0, 0.05) is 64.2 Å². The molecule has 2 fully saturated rings. The van der Waals surface area contributed by atoms with Crippen molar-refractivity contribution < 1.29 is 4.74 Å². The number of likely N-dealkylation sites (N-methyl/N-ethyl adjacent to an activating group) is 1. The van der Waals surface area contributed by atoms with Crippen molar-refractivity contribution in [2.24, 2.45) is 10.4 Å². The van der Waals surface area contributed by atoms with Crippen LogP contribution in [0.2, 0.25) is 0 Å². The predicted molar refractivity (Wildman–Crippen MR) is 129 cm³/mol. The number of nitrogens with zero attached hydrogens (tertiary/aromatic N) is 4. The Morgan fingerprint density at radius 2 is 1.94 bits per heavy atom. The fraction of sp³-hybridized carbons (Fsp3) is 0.750. The van der Waals surface area contributed by atoms with Crippen LogP contribution in [0.1, 0.15) is 51.5 Å². The number of hydrogen-bond donors (Lipinski definition) is 2. The first-order valence-electron chi connectivity index (χ1n) is 12.1. The SMILES string of the molecule is CCNC(=NCc1cccnc1N1CCN(C)CC1)NCC1(CCOCC)CCCC1. The zero-order valence-electron chi connectivity index (χ0n) is 19.8. The number of hydrogen-bond acceptors (Lipinski definition) is 5. The highest BCUT2D eigenvalue weighted by molar-refractivity contribution is 5.79. The van der Waals surface area contributed by atoms with Crippen LogP contribution in [0, 0.1) is 5.41 Å². The number of piperazine rings is 1. The lowest BCUT2D eigenvalue weighted by Gasteiger charge is -2.34. The Morgan fingerprint density at radius 1 is 1.16 bits per heavy atom. The zero-order valence-corrected chi connectivity index (χ0v) is 19.8. The van der Waals surface area contributed by atoms with Crippen molar-refractivity contribution in [3.63, 3.8) is 0 Å². The standard InChI is InChI=1S/C24H42N6O/c1-4-25-23(28-20-24(10-6-7-11-24)12-18-31-5-2)27-19-21-9-8-13-26-22(21)30-16-14-29(3)15-17-30/h8-9,13H,4-7,10-12,14-20H2,1-3H3,(H2,25,27,28). The Labute approximate surface area is 188 Å². The third-order valence-electron chi connectivity index (χ3n) is 6.70. The molecule has 1 saturated carbocycles. The maximum Gasteiger partial charge on any atom is 0.191 e. The molecule has 0 bridgehead atoms. The van der Waals surface area contributed by atoms with E-state index >= 15 is 0 Å². The van der Waals surface area contributed by atoms with Crippen LogP contribution in [0.3, 0.4) is 0 Å². The molecule has 1 aliphatic heterocycles. The molecule has 1 aromatic rings. The van der Waals surface area contributed by atoms with Crippen molar-refractivity contribution in [1.82, 2.24) is 20.5 Å². The summed E-state index contributed by atoms with van der Waals surface area (Å²) in [5, 5.41) is 7.08. The van der Waals surface area contributed by atoms with E-state index in [1.54, 1.807) is 0 Å². The monoisotopic (exact) mass is 430 g/mol. The third-order valence-corrected chi connectivity index (χ3v) is 6.70. The Morgan fingerprint density at radius 3 is 2.65 bits per heavy atom. The first-order valence-corrected chi connectivity index (χ1v) is 12.1. The Hall–Kier alpha value is -1.86. The molecule has 1 saturated heterocycles. The number of ether oxygens (including phenoxy) is 1. The average Bonchev–Trinajstić information content (AvgIpc) is 3.26. The van der Waals surface area contributed by atoms with Gasteiger partial charge in [0.05, 0.1) is 6.54 Å². The average molecular weight is 431 g/mol. The fourth-order valence-corrected chi connectivity index (χ4v) is 4.71. The molecule has 0 amide bonds. The molecule has 174 valence electrons. The van der Waals surface area contributed by atoms with Crippen molar-refractivity contribution in [1.29, 1.82) is 0 Å². The van der Waals surface area contributed by atoms with Crippen molar-refractivity contribution in [3.05, 3.63) is 23.9 Å². The summed E-state index contributed by atoms with van der Waals surface area (Å²) in [5.74, 6) is 1.98. The van der Waals surface area contributed by atoms with E-state index in [4.69, 9.17) is 14.7 Å². The van der Waals surface area contributed by atoms with Gasteiger partial charge in [0.25, 0.3) is 0 Å². The van der Waals surface area contributed by atoms with Gasteiger partial charge in [0.15, 0.2) is 5.96 Å². The number of pyridine rings is 1. The second kappa shape index (κ2) is 12.2. The number of anilines is 1. The highest BCUT2D eigenvalue weighted by Gasteiger charge is 2.33. The topological polar surface area (TPSA) is 65.0 Å². The van der Waals surface area contributed by atoms with E-state index in [0.717, 1.165) is 70.7 Å². The molecule has 31 heavy (non-hydrogen) atoms. The Kier molecular flexibility index (Phi) is 9.40.